The van der Waals surface area contributed by atoms with Crippen molar-refractivity contribution < 1.29 is 14.3 Å². The molecule has 3 aromatic carbocycles. The maximum absolute atomic E-state index is 13.3. The van der Waals surface area contributed by atoms with Gasteiger partial charge >= 0.3 is 0 Å². The highest BCUT2D eigenvalue weighted by atomic mass is 35.5. The van der Waals surface area contributed by atoms with Crippen molar-refractivity contribution >= 4 is 46.2 Å². The average Bonchev–Trinajstić information content (AvgIpc) is 2.98. The summed E-state index contributed by atoms with van der Waals surface area (Å²) in [4.78, 5) is 19.7. The van der Waals surface area contributed by atoms with Crippen LogP contribution in [0.5, 0.6) is 11.5 Å². The molecule has 1 aliphatic rings. The van der Waals surface area contributed by atoms with Gasteiger partial charge in [-0.25, -0.2) is 4.99 Å². The summed E-state index contributed by atoms with van der Waals surface area (Å²) >= 11 is 11.8. The molecule has 0 bridgehead atoms. The molecule has 4 rings (SSSR count). The SMILES string of the molecule is COc1cc(CNC(=S)NC2N=C(c3ccccc3)c3cc(Cl)ccc3N(C)C2=O)cc(OC)c1. The van der Waals surface area contributed by atoms with Crippen molar-refractivity contribution in [3.05, 3.63) is 88.4 Å². The molecule has 0 fully saturated rings. The number of carbonyl (C=O) groups excluding carboxylic acids is 1. The molecule has 1 unspecified atom stereocenters. The summed E-state index contributed by atoms with van der Waals surface area (Å²) < 4.78 is 10.6. The molecule has 1 aliphatic heterocycles. The molecule has 1 heterocycles. The number of benzodiazepines with no additional fused rings is 1. The smallest absolute Gasteiger partial charge is 0.272 e. The zero-order valence-electron chi connectivity index (χ0n) is 19.5. The van der Waals surface area contributed by atoms with Gasteiger partial charge in [0.1, 0.15) is 11.5 Å². The van der Waals surface area contributed by atoms with E-state index in [0.29, 0.717) is 39.6 Å². The Morgan fingerprint density at radius 2 is 1.74 bits per heavy atom. The Morgan fingerprint density at radius 1 is 1.06 bits per heavy atom. The van der Waals surface area contributed by atoms with E-state index in [-0.39, 0.29) is 5.91 Å². The Labute approximate surface area is 214 Å². The first-order valence-corrected chi connectivity index (χ1v) is 11.6. The minimum Gasteiger partial charge on any atom is -0.497 e. The van der Waals surface area contributed by atoms with Crippen LogP contribution >= 0.6 is 23.8 Å². The van der Waals surface area contributed by atoms with E-state index in [1.807, 2.05) is 54.6 Å². The molecule has 0 saturated carbocycles. The van der Waals surface area contributed by atoms with Crippen molar-refractivity contribution in [2.45, 2.75) is 12.7 Å². The second kappa shape index (κ2) is 10.8. The largest absolute Gasteiger partial charge is 0.497 e. The first-order chi connectivity index (χ1) is 16.9. The second-order valence-electron chi connectivity index (χ2n) is 7.85. The maximum Gasteiger partial charge on any atom is 0.272 e. The summed E-state index contributed by atoms with van der Waals surface area (Å²) in [5, 5.41) is 7.05. The Bertz CT molecular complexity index is 1260. The van der Waals surface area contributed by atoms with E-state index in [4.69, 9.17) is 38.3 Å². The van der Waals surface area contributed by atoms with E-state index in [2.05, 4.69) is 10.6 Å². The number of amides is 1. The minimum absolute atomic E-state index is 0.244. The minimum atomic E-state index is -0.929. The van der Waals surface area contributed by atoms with Gasteiger partial charge in [-0.2, -0.15) is 0 Å². The number of methoxy groups -OCH3 is 2. The van der Waals surface area contributed by atoms with Crippen LogP contribution < -0.4 is 25.0 Å². The molecular weight excluding hydrogens is 484 g/mol. The van der Waals surface area contributed by atoms with Gasteiger partial charge in [-0.1, -0.05) is 41.9 Å². The van der Waals surface area contributed by atoms with Crippen LogP contribution in [0.2, 0.25) is 5.02 Å². The van der Waals surface area contributed by atoms with Gasteiger partial charge in [0.15, 0.2) is 5.11 Å². The summed E-state index contributed by atoms with van der Waals surface area (Å²) in [7, 11) is 4.91. The molecule has 9 heteroatoms. The molecule has 2 N–H and O–H groups in total. The third-order valence-corrected chi connectivity index (χ3v) is 6.07. The number of halogens is 1. The summed E-state index contributed by atoms with van der Waals surface area (Å²) in [6, 6.07) is 20.6. The van der Waals surface area contributed by atoms with Gasteiger partial charge in [0, 0.05) is 35.8 Å². The van der Waals surface area contributed by atoms with Crippen LogP contribution in [0, 0.1) is 0 Å². The van der Waals surface area contributed by atoms with Crippen molar-refractivity contribution in [3.63, 3.8) is 0 Å². The maximum atomic E-state index is 13.3. The van der Waals surface area contributed by atoms with Crippen molar-refractivity contribution in [3.8, 4) is 11.5 Å². The molecule has 180 valence electrons. The molecule has 7 nitrogen and oxygen atoms in total. The molecule has 35 heavy (non-hydrogen) atoms. The van der Waals surface area contributed by atoms with Crippen LogP contribution in [0.4, 0.5) is 5.69 Å². The number of thiocarbonyl (C=S) groups is 1. The van der Waals surface area contributed by atoms with E-state index >= 15 is 0 Å². The number of rotatable bonds is 6. The molecule has 1 amide bonds. The quantitative estimate of drug-likeness (QED) is 0.487. The first kappa shape index (κ1) is 24.5. The topological polar surface area (TPSA) is 75.2 Å². The van der Waals surface area contributed by atoms with Crippen LogP contribution in [0.25, 0.3) is 0 Å². The number of aliphatic imine (C=N–C) groups is 1. The number of nitrogens with zero attached hydrogens (tertiary/aromatic N) is 2. The second-order valence-corrected chi connectivity index (χ2v) is 8.70. The average molecular weight is 509 g/mol. The fourth-order valence-corrected chi connectivity index (χ4v) is 4.15. The predicted molar refractivity (Wildman–Crippen MR) is 143 cm³/mol. The van der Waals surface area contributed by atoms with Gasteiger partial charge < -0.3 is 25.0 Å². The number of nitrogens with one attached hydrogen (secondary N) is 2. The number of hydrogen-bond acceptors (Lipinski definition) is 5. The van der Waals surface area contributed by atoms with E-state index in [1.165, 1.54) is 0 Å². The van der Waals surface area contributed by atoms with E-state index in [1.54, 1.807) is 38.3 Å². The normalized spacial score (nSPS) is 15.0. The third kappa shape index (κ3) is 5.55. The highest BCUT2D eigenvalue weighted by molar-refractivity contribution is 7.80. The lowest BCUT2D eigenvalue weighted by Gasteiger charge is -2.22. The van der Waals surface area contributed by atoms with Gasteiger partial charge in [-0.15, -0.1) is 0 Å². The molecule has 0 radical (unpaired) electrons. The molecule has 0 aliphatic carbocycles. The number of anilines is 1. The number of fused-ring (bicyclic) bond motifs is 1. The van der Waals surface area contributed by atoms with E-state index in [0.717, 1.165) is 16.7 Å². The lowest BCUT2D eigenvalue weighted by atomic mass is 10.0. The number of likely N-dealkylation sites (N-methyl/N-ethyl adjacent to an activating group) is 1. The van der Waals surface area contributed by atoms with Gasteiger partial charge in [-0.3, -0.25) is 4.79 Å². The predicted octanol–water partition coefficient (Wildman–Crippen LogP) is 4.16. The van der Waals surface area contributed by atoms with Crippen LogP contribution in [-0.4, -0.2) is 44.2 Å². The van der Waals surface area contributed by atoms with E-state index < -0.39 is 6.17 Å². The Hall–Kier alpha value is -3.62. The summed E-state index contributed by atoms with van der Waals surface area (Å²) in [5.41, 5.74) is 3.91. The first-order valence-electron chi connectivity index (χ1n) is 10.9. The molecule has 0 spiro atoms. The fourth-order valence-electron chi connectivity index (χ4n) is 3.79. The summed E-state index contributed by atoms with van der Waals surface area (Å²) in [6.07, 6.45) is -0.929. The number of carbonyl (C=O) groups is 1. The molecule has 0 aromatic heterocycles. The van der Waals surface area contributed by atoms with Crippen LogP contribution in [0.3, 0.4) is 0 Å². The zero-order chi connectivity index (χ0) is 24.9. The highest BCUT2D eigenvalue weighted by Crippen LogP contribution is 2.30. The molecule has 0 saturated heterocycles. The van der Waals surface area contributed by atoms with Crippen LogP contribution in [0.1, 0.15) is 16.7 Å². The van der Waals surface area contributed by atoms with Gasteiger partial charge in [0.25, 0.3) is 5.91 Å². The monoisotopic (exact) mass is 508 g/mol. The Kier molecular flexibility index (Phi) is 7.53. The molecular formula is C26H25ClN4O3S. The summed E-state index contributed by atoms with van der Waals surface area (Å²) in [5.74, 6) is 1.11. The van der Waals surface area contributed by atoms with Gasteiger partial charge in [0.05, 0.1) is 25.6 Å². The molecule has 3 aromatic rings. The Morgan fingerprint density at radius 3 is 2.40 bits per heavy atom. The van der Waals surface area contributed by atoms with Crippen molar-refractivity contribution in [2.75, 3.05) is 26.2 Å². The zero-order valence-corrected chi connectivity index (χ0v) is 21.1. The number of hydrogen-bond donors (Lipinski definition) is 2. The lowest BCUT2D eigenvalue weighted by molar-refractivity contribution is -0.119. The fraction of sp³-hybridized carbons (Fsp3) is 0.192. The summed E-state index contributed by atoms with van der Waals surface area (Å²) in [6.45, 7) is 0.404. The number of ether oxygens (including phenoxy) is 2. The van der Waals surface area contributed by atoms with Gasteiger partial charge in [-0.05, 0) is 48.1 Å². The van der Waals surface area contributed by atoms with Gasteiger partial charge in [0.2, 0.25) is 6.17 Å². The standard InChI is InChI=1S/C26H25ClN4O3S/c1-31-22-10-9-18(27)13-21(22)23(17-7-5-4-6-8-17)29-24(25(31)32)30-26(35)28-15-16-11-19(33-2)14-20(12-16)34-3/h4-14,24H,15H2,1-3H3,(H2,28,30,35). The Balaban J connectivity index is 1.60. The van der Waals surface area contributed by atoms with Crippen molar-refractivity contribution in [1.29, 1.82) is 0 Å². The molecule has 1 atom stereocenters. The number of benzene rings is 3. The van der Waals surface area contributed by atoms with Crippen molar-refractivity contribution in [2.24, 2.45) is 4.99 Å². The highest BCUT2D eigenvalue weighted by Gasteiger charge is 2.30. The third-order valence-electron chi connectivity index (χ3n) is 5.58. The van der Waals surface area contributed by atoms with Crippen LogP contribution in [0.15, 0.2) is 71.7 Å². The van der Waals surface area contributed by atoms with Crippen LogP contribution in [-0.2, 0) is 11.3 Å². The lowest BCUT2D eigenvalue weighted by Crippen LogP contribution is -2.49. The van der Waals surface area contributed by atoms with Crippen molar-refractivity contribution in [1.82, 2.24) is 10.6 Å². The van der Waals surface area contributed by atoms with E-state index in [9.17, 15) is 4.79 Å².